The van der Waals surface area contributed by atoms with Crippen LogP contribution >= 0.6 is 0 Å². The van der Waals surface area contributed by atoms with Crippen LogP contribution in [0.1, 0.15) is 49.9 Å². The Morgan fingerprint density at radius 1 is 1.16 bits per heavy atom. The molecule has 1 N–H and O–H groups in total. The summed E-state index contributed by atoms with van der Waals surface area (Å²) in [5.41, 5.74) is 5.73. The van der Waals surface area contributed by atoms with Gasteiger partial charge in [0, 0.05) is 55.4 Å². The van der Waals surface area contributed by atoms with E-state index in [9.17, 15) is 9.59 Å². The number of aryl methyl sites for hydroxylation is 4. The molecule has 1 amide bonds. The monoisotopic (exact) mass is 421 g/mol. The molecule has 7 heteroatoms. The molecule has 2 aromatic heterocycles. The maximum atomic E-state index is 13.0. The fraction of sp³-hybridized carbons (Fsp3) is 0.458. The topological polar surface area (TPSA) is 71.6 Å². The summed E-state index contributed by atoms with van der Waals surface area (Å²) >= 11 is 0. The van der Waals surface area contributed by atoms with Gasteiger partial charge in [-0.05, 0) is 70.2 Å². The van der Waals surface area contributed by atoms with E-state index in [0.29, 0.717) is 12.1 Å². The molecule has 0 aliphatic heterocycles. The number of carbonyl (C=O) groups is 1. The van der Waals surface area contributed by atoms with Gasteiger partial charge in [-0.2, -0.15) is 5.10 Å². The number of fused-ring (bicyclic) bond motifs is 3. The van der Waals surface area contributed by atoms with Crippen LogP contribution in [0.3, 0.4) is 0 Å². The zero-order valence-corrected chi connectivity index (χ0v) is 18.6. The number of carbonyl (C=O) groups excluding carboxylic acids is 1. The highest BCUT2D eigenvalue weighted by molar-refractivity contribution is 5.91. The number of nitrogens with zero attached hydrogens (tertiary/aromatic N) is 4. The number of nitrogens with one attached hydrogen (secondary N) is 1. The molecule has 0 fully saturated rings. The van der Waals surface area contributed by atoms with Gasteiger partial charge in [-0.3, -0.25) is 9.59 Å². The zero-order valence-electron chi connectivity index (χ0n) is 18.6. The van der Waals surface area contributed by atoms with Gasteiger partial charge in [-0.25, -0.2) is 4.52 Å². The summed E-state index contributed by atoms with van der Waals surface area (Å²) in [5, 5.41) is 7.56. The first kappa shape index (κ1) is 21.2. The van der Waals surface area contributed by atoms with Crippen molar-refractivity contribution >= 4 is 22.8 Å². The van der Waals surface area contributed by atoms with Gasteiger partial charge < -0.3 is 14.8 Å². The van der Waals surface area contributed by atoms with E-state index in [1.165, 1.54) is 0 Å². The predicted molar refractivity (Wildman–Crippen MR) is 124 cm³/mol. The molecule has 0 radical (unpaired) electrons. The van der Waals surface area contributed by atoms with Gasteiger partial charge in [-0.1, -0.05) is 0 Å². The molecule has 1 aliphatic carbocycles. The minimum atomic E-state index is -0.0963. The molecule has 164 valence electrons. The van der Waals surface area contributed by atoms with Gasteiger partial charge in [0.25, 0.3) is 5.56 Å². The van der Waals surface area contributed by atoms with Crippen molar-refractivity contribution in [2.75, 3.05) is 23.3 Å². The molecule has 0 saturated carbocycles. The smallest absolute Gasteiger partial charge is 0.276 e. The lowest BCUT2D eigenvalue weighted by Crippen LogP contribution is -2.25. The number of aromatic nitrogens is 3. The number of amides is 1. The first-order valence-corrected chi connectivity index (χ1v) is 11.3. The van der Waals surface area contributed by atoms with Crippen molar-refractivity contribution in [3.63, 3.8) is 0 Å². The van der Waals surface area contributed by atoms with E-state index in [2.05, 4.69) is 35.2 Å². The Hall–Kier alpha value is -3.09. The third-order valence-electron chi connectivity index (χ3n) is 6.23. The van der Waals surface area contributed by atoms with Crippen LogP contribution in [0.4, 0.5) is 11.4 Å². The second-order valence-electron chi connectivity index (χ2n) is 8.19. The van der Waals surface area contributed by atoms with Crippen LogP contribution in [0.25, 0.3) is 5.52 Å². The molecular formula is C24H31N5O2. The van der Waals surface area contributed by atoms with Gasteiger partial charge in [0.05, 0.1) is 5.69 Å². The largest absolute Gasteiger partial charge is 0.372 e. The van der Waals surface area contributed by atoms with Crippen molar-refractivity contribution in [2.45, 2.75) is 59.4 Å². The van der Waals surface area contributed by atoms with Gasteiger partial charge in [-0.15, -0.1) is 0 Å². The molecule has 0 spiro atoms. The second-order valence-corrected chi connectivity index (χ2v) is 8.19. The molecule has 0 atom stereocenters. The summed E-state index contributed by atoms with van der Waals surface area (Å²) < 4.78 is 3.33. The van der Waals surface area contributed by atoms with Gasteiger partial charge in [0.15, 0.2) is 0 Å². The third-order valence-corrected chi connectivity index (χ3v) is 6.23. The fourth-order valence-electron chi connectivity index (χ4n) is 4.44. The molecule has 3 aromatic rings. The van der Waals surface area contributed by atoms with Crippen LogP contribution in [0.15, 0.2) is 35.4 Å². The first-order chi connectivity index (χ1) is 15.0. The normalized spacial score (nSPS) is 13.3. The molecule has 7 nitrogen and oxygen atoms in total. The minimum absolute atomic E-state index is 0.0642. The van der Waals surface area contributed by atoms with E-state index >= 15 is 0 Å². The lowest BCUT2D eigenvalue weighted by Gasteiger charge is -2.22. The van der Waals surface area contributed by atoms with E-state index in [0.717, 1.165) is 67.0 Å². The average Bonchev–Trinajstić information content (AvgIpc) is 3.15. The SMILES string of the molecule is CCN(CC)c1ccc(NC(=O)CCn2ccn3nc4c(c3c2=O)CCCC4)c(C)c1. The van der Waals surface area contributed by atoms with E-state index in [-0.39, 0.29) is 17.9 Å². The highest BCUT2D eigenvalue weighted by atomic mass is 16.2. The maximum absolute atomic E-state index is 13.0. The first-order valence-electron chi connectivity index (χ1n) is 11.3. The number of anilines is 2. The fourth-order valence-corrected chi connectivity index (χ4v) is 4.44. The molecule has 0 unspecified atom stereocenters. The summed E-state index contributed by atoms with van der Waals surface area (Å²) in [7, 11) is 0. The molecular weight excluding hydrogens is 390 g/mol. The van der Waals surface area contributed by atoms with Gasteiger partial charge in [0.1, 0.15) is 5.52 Å². The molecule has 0 bridgehead atoms. The summed E-state index contributed by atoms with van der Waals surface area (Å²) in [6.45, 7) is 8.51. The van der Waals surface area contributed by atoms with Crippen molar-refractivity contribution in [3.8, 4) is 0 Å². The molecule has 31 heavy (non-hydrogen) atoms. The van der Waals surface area contributed by atoms with Crippen molar-refractivity contribution in [2.24, 2.45) is 0 Å². The summed E-state index contributed by atoms with van der Waals surface area (Å²) in [6, 6.07) is 6.10. The Morgan fingerprint density at radius 2 is 1.94 bits per heavy atom. The van der Waals surface area contributed by atoms with Crippen molar-refractivity contribution < 1.29 is 4.79 Å². The van der Waals surface area contributed by atoms with Crippen molar-refractivity contribution in [1.82, 2.24) is 14.2 Å². The van der Waals surface area contributed by atoms with E-state index < -0.39 is 0 Å². The van der Waals surface area contributed by atoms with Crippen LogP contribution in [-0.2, 0) is 24.2 Å². The number of hydrogen-bond donors (Lipinski definition) is 1. The van der Waals surface area contributed by atoms with Gasteiger partial charge >= 0.3 is 0 Å². The maximum Gasteiger partial charge on any atom is 0.276 e. The lowest BCUT2D eigenvalue weighted by atomic mass is 9.97. The Labute approximate surface area is 182 Å². The van der Waals surface area contributed by atoms with Crippen LogP contribution in [0.2, 0.25) is 0 Å². The molecule has 4 rings (SSSR count). The number of hydrogen-bond acceptors (Lipinski definition) is 4. The highest BCUT2D eigenvalue weighted by Gasteiger charge is 2.19. The van der Waals surface area contributed by atoms with Crippen molar-refractivity contribution in [3.05, 3.63) is 57.8 Å². The molecule has 1 aliphatic rings. The Morgan fingerprint density at radius 3 is 2.68 bits per heavy atom. The molecule has 1 aromatic carbocycles. The molecule has 0 saturated heterocycles. The van der Waals surface area contributed by atoms with E-state index in [4.69, 9.17) is 0 Å². The Bertz CT molecular complexity index is 1160. The van der Waals surface area contributed by atoms with E-state index in [1.54, 1.807) is 15.3 Å². The van der Waals surface area contributed by atoms with Crippen molar-refractivity contribution in [1.29, 1.82) is 0 Å². The van der Waals surface area contributed by atoms with Crippen LogP contribution in [-0.4, -0.2) is 33.2 Å². The summed E-state index contributed by atoms with van der Waals surface area (Å²) in [5.74, 6) is -0.0963. The van der Waals surface area contributed by atoms with Crippen LogP contribution in [0, 0.1) is 6.92 Å². The summed E-state index contributed by atoms with van der Waals surface area (Å²) in [4.78, 5) is 27.9. The molecule has 2 heterocycles. The standard InChI is InChI=1S/C24H31N5O2/c1-4-27(5-2)18-10-11-20(17(3)16-18)25-22(30)12-13-28-14-15-29-23(24(28)31)19-8-6-7-9-21(19)26-29/h10-11,14-16H,4-9,12-13H2,1-3H3,(H,25,30). The number of benzene rings is 1. The Balaban J connectivity index is 1.45. The summed E-state index contributed by atoms with van der Waals surface area (Å²) in [6.07, 6.45) is 7.85. The zero-order chi connectivity index (χ0) is 22.0. The third kappa shape index (κ3) is 4.22. The van der Waals surface area contributed by atoms with E-state index in [1.807, 2.05) is 25.3 Å². The highest BCUT2D eigenvalue weighted by Crippen LogP contribution is 2.24. The minimum Gasteiger partial charge on any atom is -0.372 e. The Kier molecular flexibility index (Phi) is 6.11. The quantitative estimate of drug-likeness (QED) is 0.633. The predicted octanol–water partition coefficient (Wildman–Crippen LogP) is 3.56. The van der Waals surface area contributed by atoms with Gasteiger partial charge in [0.2, 0.25) is 5.91 Å². The van der Waals surface area contributed by atoms with Crippen LogP contribution < -0.4 is 15.8 Å². The number of rotatable bonds is 7. The van der Waals surface area contributed by atoms with Crippen LogP contribution in [0.5, 0.6) is 0 Å². The lowest BCUT2D eigenvalue weighted by molar-refractivity contribution is -0.116. The average molecular weight is 422 g/mol. The second kappa shape index (κ2) is 8.96.